The summed E-state index contributed by atoms with van der Waals surface area (Å²) in [6.45, 7) is 3.32. The number of nitrogens with one attached hydrogen (secondary N) is 1. The van der Waals surface area contributed by atoms with Gasteiger partial charge in [0, 0.05) is 27.6 Å². The third-order valence-corrected chi connectivity index (χ3v) is 4.96. The number of quaternary nitrogens is 1. The van der Waals surface area contributed by atoms with Gasteiger partial charge in [-0.3, -0.25) is 0 Å². The van der Waals surface area contributed by atoms with E-state index in [1.165, 1.54) is 4.90 Å². The zero-order chi connectivity index (χ0) is 19.6. The summed E-state index contributed by atoms with van der Waals surface area (Å²) in [5.74, 6) is 1.41. The summed E-state index contributed by atoms with van der Waals surface area (Å²) < 4.78 is 16.0. The van der Waals surface area contributed by atoms with Crippen LogP contribution in [-0.4, -0.2) is 21.3 Å². The zero-order valence-electron chi connectivity index (χ0n) is 15.9. The maximum absolute atomic E-state index is 12.0. The minimum atomic E-state index is -0.349. The summed E-state index contributed by atoms with van der Waals surface area (Å²) in [5.41, 5.74) is 3.14. The second-order valence-corrected chi connectivity index (χ2v) is 7.10. The summed E-state index contributed by atoms with van der Waals surface area (Å²) in [4.78, 5) is 13.2. The average Bonchev–Trinajstić information content (AvgIpc) is 2.63. The second kappa shape index (κ2) is 8.03. The first-order valence-electron chi connectivity index (χ1n) is 8.66. The molecule has 0 spiro atoms. The van der Waals surface area contributed by atoms with Gasteiger partial charge in [0.2, 0.25) is 0 Å². The van der Waals surface area contributed by atoms with Crippen molar-refractivity contribution in [1.82, 2.24) is 0 Å². The third-order valence-electron chi connectivity index (χ3n) is 4.56. The van der Waals surface area contributed by atoms with E-state index in [0.29, 0.717) is 28.6 Å². The first-order chi connectivity index (χ1) is 12.9. The Morgan fingerprint density at radius 3 is 2.48 bits per heavy atom. The Balaban J connectivity index is 1.87. The lowest BCUT2D eigenvalue weighted by molar-refractivity contribution is -0.907. The Labute approximate surface area is 163 Å². The van der Waals surface area contributed by atoms with E-state index >= 15 is 0 Å². The molecular formula is C21H23ClNO4+. The number of hydrogen-bond acceptors (Lipinski definition) is 4. The van der Waals surface area contributed by atoms with E-state index in [0.717, 1.165) is 28.6 Å². The number of hydrogen-bond donors (Lipinski definition) is 1. The van der Waals surface area contributed by atoms with Crippen molar-refractivity contribution in [2.75, 3.05) is 21.3 Å². The van der Waals surface area contributed by atoms with E-state index in [-0.39, 0.29) is 5.63 Å². The predicted octanol–water partition coefficient (Wildman–Crippen LogP) is 2.99. The highest BCUT2D eigenvalue weighted by molar-refractivity contribution is 6.32. The molecule has 27 heavy (non-hydrogen) atoms. The van der Waals surface area contributed by atoms with E-state index in [2.05, 4.69) is 7.05 Å². The molecule has 3 rings (SSSR count). The van der Waals surface area contributed by atoms with Crippen LogP contribution in [0.2, 0.25) is 5.02 Å². The molecule has 0 aliphatic heterocycles. The number of fused-ring (bicyclic) bond motifs is 1. The van der Waals surface area contributed by atoms with E-state index in [4.69, 9.17) is 25.5 Å². The highest BCUT2D eigenvalue weighted by Crippen LogP contribution is 2.27. The van der Waals surface area contributed by atoms with Crippen LogP contribution < -0.4 is 20.0 Å². The third kappa shape index (κ3) is 4.26. The van der Waals surface area contributed by atoms with Crippen LogP contribution in [0.4, 0.5) is 0 Å². The first kappa shape index (κ1) is 19.3. The van der Waals surface area contributed by atoms with Gasteiger partial charge in [0.05, 0.1) is 21.3 Å². The lowest BCUT2D eigenvalue weighted by Gasteiger charge is -2.16. The molecule has 0 amide bonds. The van der Waals surface area contributed by atoms with Gasteiger partial charge >= 0.3 is 5.63 Å². The van der Waals surface area contributed by atoms with Crippen LogP contribution in [0.5, 0.6) is 11.5 Å². The number of ether oxygens (including phenoxy) is 2. The monoisotopic (exact) mass is 388 g/mol. The van der Waals surface area contributed by atoms with Crippen molar-refractivity contribution in [2.45, 2.75) is 20.0 Å². The maximum atomic E-state index is 12.0. The Morgan fingerprint density at radius 1 is 1.04 bits per heavy atom. The van der Waals surface area contributed by atoms with Crippen LogP contribution in [0.15, 0.2) is 45.6 Å². The molecule has 0 fully saturated rings. The summed E-state index contributed by atoms with van der Waals surface area (Å²) in [5, 5.41) is 1.53. The minimum absolute atomic E-state index is 0.349. The van der Waals surface area contributed by atoms with Gasteiger partial charge < -0.3 is 18.8 Å². The molecular weight excluding hydrogens is 366 g/mol. The fraction of sp³-hybridized carbons (Fsp3) is 0.286. The van der Waals surface area contributed by atoms with Gasteiger partial charge in [0.15, 0.2) is 11.5 Å². The largest absolute Gasteiger partial charge is 0.493 e. The molecule has 3 aromatic rings. The highest BCUT2D eigenvalue weighted by atomic mass is 35.5. The van der Waals surface area contributed by atoms with Crippen LogP contribution in [0.3, 0.4) is 0 Å². The molecule has 142 valence electrons. The van der Waals surface area contributed by atoms with E-state index in [1.54, 1.807) is 20.3 Å². The Bertz CT molecular complexity index is 1030. The van der Waals surface area contributed by atoms with E-state index in [9.17, 15) is 4.79 Å². The maximum Gasteiger partial charge on any atom is 0.336 e. The summed E-state index contributed by atoms with van der Waals surface area (Å²) >= 11 is 6.28. The van der Waals surface area contributed by atoms with Crippen molar-refractivity contribution in [3.63, 3.8) is 0 Å². The lowest BCUT2D eigenvalue weighted by atomic mass is 10.1. The summed E-state index contributed by atoms with van der Waals surface area (Å²) in [6, 6.07) is 11.1. The van der Waals surface area contributed by atoms with Crippen molar-refractivity contribution >= 4 is 22.6 Å². The molecule has 0 aliphatic rings. The highest BCUT2D eigenvalue weighted by Gasteiger charge is 2.14. The fourth-order valence-electron chi connectivity index (χ4n) is 3.22. The number of methoxy groups -OCH3 is 2. The van der Waals surface area contributed by atoms with Crippen LogP contribution in [0, 0.1) is 6.92 Å². The molecule has 1 atom stereocenters. The van der Waals surface area contributed by atoms with Gasteiger partial charge in [0.25, 0.3) is 0 Å². The molecule has 5 nitrogen and oxygen atoms in total. The molecule has 0 saturated carbocycles. The fourth-order valence-corrected chi connectivity index (χ4v) is 3.38. The topological polar surface area (TPSA) is 53.1 Å². The van der Waals surface area contributed by atoms with Gasteiger partial charge in [-0.05, 0) is 42.8 Å². The Kier molecular flexibility index (Phi) is 5.73. The van der Waals surface area contributed by atoms with Crippen molar-refractivity contribution in [1.29, 1.82) is 0 Å². The molecule has 1 N–H and O–H groups in total. The quantitative estimate of drug-likeness (QED) is 0.659. The number of benzene rings is 2. The zero-order valence-corrected chi connectivity index (χ0v) is 16.6. The average molecular weight is 389 g/mol. The normalized spacial score (nSPS) is 12.2. The predicted molar refractivity (Wildman–Crippen MR) is 106 cm³/mol. The molecule has 1 aromatic heterocycles. The van der Waals surface area contributed by atoms with Gasteiger partial charge in [-0.15, -0.1) is 0 Å². The molecule has 0 aliphatic carbocycles. The van der Waals surface area contributed by atoms with Gasteiger partial charge in [-0.2, -0.15) is 0 Å². The first-order valence-corrected chi connectivity index (χ1v) is 9.04. The van der Waals surface area contributed by atoms with Crippen molar-refractivity contribution < 1.29 is 18.8 Å². The molecule has 1 heterocycles. The minimum Gasteiger partial charge on any atom is -0.493 e. The Hall–Kier alpha value is -2.50. The van der Waals surface area contributed by atoms with E-state index < -0.39 is 0 Å². The number of rotatable bonds is 6. The standard InChI is InChI=1S/C21H22ClNO4/c1-13-7-19-16(10-17(13)22)15(9-21(24)27-19)12-23(2)11-14-5-6-18(25-3)20(8-14)26-4/h5-10H,11-12H2,1-4H3/p+1. The number of aryl methyl sites for hydroxylation is 1. The van der Waals surface area contributed by atoms with Crippen LogP contribution in [0.25, 0.3) is 11.0 Å². The van der Waals surface area contributed by atoms with Crippen molar-refractivity contribution in [2.24, 2.45) is 0 Å². The summed E-state index contributed by atoms with van der Waals surface area (Å²) in [6.07, 6.45) is 0. The number of halogens is 1. The van der Waals surface area contributed by atoms with Crippen molar-refractivity contribution in [3.8, 4) is 11.5 Å². The molecule has 1 unspecified atom stereocenters. The molecule has 6 heteroatoms. The lowest BCUT2D eigenvalue weighted by Crippen LogP contribution is -3.06. The smallest absolute Gasteiger partial charge is 0.336 e. The van der Waals surface area contributed by atoms with Gasteiger partial charge in [0.1, 0.15) is 18.7 Å². The molecule has 0 radical (unpaired) electrons. The summed E-state index contributed by atoms with van der Waals surface area (Å²) in [7, 11) is 5.32. The van der Waals surface area contributed by atoms with Crippen LogP contribution in [-0.2, 0) is 13.1 Å². The van der Waals surface area contributed by atoms with E-state index in [1.807, 2.05) is 37.3 Å². The molecule has 0 saturated heterocycles. The van der Waals surface area contributed by atoms with Gasteiger partial charge in [-0.25, -0.2) is 4.79 Å². The van der Waals surface area contributed by atoms with Crippen LogP contribution in [0.1, 0.15) is 16.7 Å². The Morgan fingerprint density at radius 2 is 1.78 bits per heavy atom. The van der Waals surface area contributed by atoms with Gasteiger partial charge in [-0.1, -0.05) is 11.6 Å². The SMILES string of the molecule is COc1ccc(C[NH+](C)Cc2cc(=O)oc3cc(C)c(Cl)cc23)cc1OC. The molecule has 2 aromatic carbocycles. The second-order valence-electron chi connectivity index (χ2n) is 6.69. The van der Waals surface area contributed by atoms with Crippen LogP contribution >= 0.6 is 11.6 Å². The molecule has 0 bridgehead atoms. The van der Waals surface area contributed by atoms with Crippen molar-refractivity contribution in [3.05, 3.63) is 68.5 Å².